The minimum atomic E-state index is -0.534. The van der Waals surface area contributed by atoms with Crippen LogP contribution in [0.2, 0.25) is 0 Å². The Morgan fingerprint density at radius 1 is 1.00 bits per heavy atom. The first kappa shape index (κ1) is 18.6. The number of aromatic nitrogens is 2. The summed E-state index contributed by atoms with van der Waals surface area (Å²) in [5.74, 6) is -0.410. The van der Waals surface area contributed by atoms with Crippen LogP contribution >= 0.6 is 0 Å². The summed E-state index contributed by atoms with van der Waals surface area (Å²) in [7, 11) is 0. The average molecular weight is 365 g/mol. The van der Waals surface area contributed by atoms with Crippen molar-refractivity contribution in [2.75, 3.05) is 36.0 Å². The molecule has 140 valence electrons. The molecule has 1 fully saturated rings. The molecule has 3 heterocycles. The summed E-state index contributed by atoms with van der Waals surface area (Å²) in [6, 6.07) is 9.32. The molecule has 0 aliphatic carbocycles. The Morgan fingerprint density at radius 2 is 1.56 bits per heavy atom. The summed E-state index contributed by atoms with van der Waals surface area (Å²) >= 11 is 0. The Morgan fingerprint density at radius 3 is 1.96 bits per heavy atom. The molecule has 1 saturated heterocycles. The molecule has 3 rings (SSSR count). The van der Waals surface area contributed by atoms with Crippen LogP contribution in [0, 0.1) is 11.3 Å². The number of nitriles is 1. The Balaban J connectivity index is 1.59. The van der Waals surface area contributed by atoms with Gasteiger partial charge in [-0.15, -0.1) is 0 Å². The van der Waals surface area contributed by atoms with Crippen LogP contribution in [0.1, 0.15) is 37.0 Å². The minimum Gasteiger partial charge on any atom is -0.455 e. The Bertz CT molecular complexity index is 827. The predicted octanol–water partition coefficient (Wildman–Crippen LogP) is 2.63. The monoisotopic (exact) mass is 365 g/mol. The first-order valence-electron chi connectivity index (χ1n) is 8.91. The molecule has 0 atom stereocenters. The molecule has 0 radical (unpaired) electrons. The molecule has 1 aliphatic heterocycles. The van der Waals surface area contributed by atoms with Gasteiger partial charge < -0.3 is 14.5 Å². The predicted molar refractivity (Wildman–Crippen MR) is 103 cm³/mol. The zero-order valence-corrected chi connectivity index (χ0v) is 15.8. The number of piperazine rings is 1. The van der Waals surface area contributed by atoms with Crippen molar-refractivity contribution in [3.05, 3.63) is 48.0 Å². The Labute approximate surface area is 159 Å². The van der Waals surface area contributed by atoms with E-state index in [1.54, 1.807) is 24.5 Å². The summed E-state index contributed by atoms with van der Waals surface area (Å²) in [5.41, 5.74) is 2.21. The van der Waals surface area contributed by atoms with Crippen molar-refractivity contribution >= 4 is 17.3 Å². The second kappa shape index (κ2) is 7.62. The molecule has 7 nitrogen and oxygen atoms in total. The number of pyridine rings is 2. The van der Waals surface area contributed by atoms with Crippen molar-refractivity contribution in [2.24, 2.45) is 0 Å². The van der Waals surface area contributed by atoms with Crippen molar-refractivity contribution in [1.82, 2.24) is 9.97 Å². The van der Waals surface area contributed by atoms with Gasteiger partial charge in [-0.05, 0) is 45.0 Å². The minimum absolute atomic E-state index is 0.316. The van der Waals surface area contributed by atoms with E-state index in [0.29, 0.717) is 11.4 Å². The van der Waals surface area contributed by atoms with E-state index in [9.17, 15) is 4.79 Å². The zero-order chi connectivity index (χ0) is 19.4. The van der Waals surface area contributed by atoms with Crippen LogP contribution in [0.5, 0.6) is 0 Å². The van der Waals surface area contributed by atoms with Crippen LogP contribution in [0.15, 0.2) is 36.7 Å². The maximum absolute atomic E-state index is 12.1. The van der Waals surface area contributed by atoms with Gasteiger partial charge in [-0.1, -0.05) is 0 Å². The van der Waals surface area contributed by atoms with Crippen LogP contribution in [0.4, 0.5) is 11.4 Å². The highest BCUT2D eigenvalue weighted by atomic mass is 16.6. The van der Waals surface area contributed by atoms with Gasteiger partial charge in [0.05, 0.1) is 23.8 Å². The summed E-state index contributed by atoms with van der Waals surface area (Å²) < 4.78 is 5.34. The molecular weight excluding hydrogens is 342 g/mol. The lowest BCUT2D eigenvalue weighted by atomic mass is 10.2. The molecule has 0 amide bonds. The van der Waals surface area contributed by atoms with E-state index in [1.165, 1.54) is 0 Å². The number of anilines is 2. The number of ether oxygens (including phenoxy) is 1. The van der Waals surface area contributed by atoms with Gasteiger partial charge in [0.2, 0.25) is 0 Å². The quantitative estimate of drug-likeness (QED) is 0.773. The lowest BCUT2D eigenvalue weighted by Crippen LogP contribution is -2.46. The van der Waals surface area contributed by atoms with Crippen LogP contribution in [0.3, 0.4) is 0 Å². The van der Waals surface area contributed by atoms with Gasteiger partial charge in [-0.3, -0.25) is 0 Å². The molecule has 2 aromatic rings. The van der Waals surface area contributed by atoms with Gasteiger partial charge in [0, 0.05) is 26.2 Å². The van der Waals surface area contributed by atoms with Crippen LogP contribution in [-0.2, 0) is 4.74 Å². The summed E-state index contributed by atoms with van der Waals surface area (Å²) in [6.07, 6.45) is 3.46. The largest absolute Gasteiger partial charge is 0.455 e. The van der Waals surface area contributed by atoms with E-state index in [4.69, 9.17) is 10.00 Å². The van der Waals surface area contributed by atoms with Gasteiger partial charge in [-0.25, -0.2) is 14.8 Å². The molecule has 2 aromatic heterocycles. The topological polar surface area (TPSA) is 82.4 Å². The maximum Gasteiger partial charge on any atom is 0.357 e. The normalized spacial score (nSPS) is 14.6. The second-order valence-electron chi connectivity index (χ2n) is 7.39. The number of rotatable bonds is 3. The van der Waals surface area contributed by atoms with Crippen molar-refractivity contribution in [2.45, 2.75) is 26.4 Å². The molecule has 27 heavy (non-hydrogen) atoms. The van der Waals surface area contributed by atoms with Gasteiger partial charge in [0.1, 0.15) is 23.1 Å². The fraction of sp³-hybridized carbons (Fsp3) is 0.400. The number of nitrogens with zero attached hydrogens (tertiary/aromatic N) is 5. The molecular formula is C20H23N5O2. The van der Waals surface area contributed by atoms with Crippen LogP contribution < -0.4 is 9.80 Å². The number of hydrogen-bond donors (Lipinski definition) is 0. The van der Waals surface area contributed by atoms with E-state index in [2.05, 4.69) is 19.8 Å². The number of hydrogen-bond acceptors (Lipinski definition) is 7. The third-order valence-electron chi connectivity index (χ3n) is 4.23. The molecule has 0 unspecified atom stereocenters. The standard InChI is InChI=1S/C20H23N5O2/c1-20(2,3)27-19(26)18-7-6-17(14-23-18)25-10-8-24(9-11-25)16-5-4-15(12-21)22-13-16/h4-7,13-14H,8-11H2,1-3H3. The molecule has 0 saturated carbocycles. The molecule has 0 bridgehead atoms. The van der Waals surface area contributed by atoms with E-state index in [0.717, 1.165) is 37.6 Å². The molecule has 0 spiro atoms. The highest BCUT2D eigenvalue weighted by molar-refractivity contribution is 5.87. The SMILES string of the molecule is CC(C)(C)OC(=O)c1ccc(N2CCN(c3ccc(C#N)nc3)CC2)cn1. The van der Waals surface area contributed by atoms with E-state index in [1.807, 2.05) is 39.0 Å². The van der Waals surface area contributed by atoms with Crippen molar-refractivity contribution in [3.63, 3.8) is 0 Å². The third kappa shape index (κ3) is 4.73. The number of carbonyl (C=O) groups is 1. The smallest absolute Gasteiger partial charge is 0.357 e. The van der Waals surface area contributed by atoms with Gasteiger partial charge in [0.25, 0.3) is 0 Å². The van der Waals surface area contributed by atoms with Crippen LogP contribution in [-0.4, -0.2) is 47.7 Å². The van der Waals surface area contributed by atoms with Crippen molar-refractivity contribution in [1.29, 1.82) is 5.26 Å². The lowest BCUT2D eigenvalue weighted by molar-refractivity contribution is 0.00629. The van der Waals surface area contributed by atoms with Gasteiger partial charge in [-0.2, -0.15) is 5.26 Å². The number of carbonyl (C=O) groups excluding carboxylic acids is 1. The average Bonchev–Trinajstić information content (AvgIpc) is 2.67. The molecule has 7 heteroatoms. The third-order valence-corrected chi connectivity index (χ3v) is 4.23. The van der Waals surface area contributed by atoms with Crippen molar-refractivity contribution < 1.29 is 9.53 Å². The maximum atomic E-state index is 12.1. The highest BCUT2D eigenvalue weighted by Crippen LogP contribution is 2.20. The molecule has 0 N–H and O–H groups in total. The summed E-state index contributed by atoms with van der Waals surface area (Å²) in [5, 5.41) is 8.84. The first-order valence-corrected chi connectivity index (χ1v) is 8.91. The fourth-order valence-corrected chi connectivity index (χ4v) is 2.89. The molecule has 1 aliphatic rings. The fourth-order valence-electron chi connectivity index (χ4n) is 2.89. The van der Waals surface area contributed by atoms with E-state index in [-0.39, 0.29) is 0 Å². The molecule has 0 aromatic carbocycles. The summed E-state index contributed by atoms with van der Waals surface area (Å²) in [4.78, 5) is 24.9. The van der Waals surface area contributed by atoms with Gasteiger partial charge in [0.15, 0.2) is 0 Å². The van der Waals surface area contributed by atoms with Crippen LogP contribution in [0.25, 0.3) is 0 Å². The second-order valence-corrected chi connectivity index (χ2v) is 7.39. The number of esters is 1. The van der Waals surface area contributed by atoms with E-state index < -0.39 is 11.6 Å². The van der Waals surface area contributed by atoms with Crippen molar-refractivity contribution in [3.8, 4) is 6.07 Å². The Kier molecular flexibility index (Phi) is 5.26. The highest BCUT2D eigenvalue weighted by Gasteiger charge is 2.21. The summed E-state index contributed by atoms with van der Waals surface area (Å²) in [6.45, 7) is 8.89. The van der Waals surface area contributed by atoms with E-state index >= 15 is 0 Å². The van der Waals surface area contributed by atoms with Gasteiger partial charge >= 0.3 is 5.97 Å². The lowest BCUT2D eigenvalue weighted by Gasteiger charge is -2.37. The Hall–Kier alpha value is -3.14. The first-order chi connectivity index (χ1) is 12.9. The zero-order valence-electron chi connectivity index (χ0n) is 15.8.